The van der Waals surface area contributed by atoms with Crippen LogP contribution in [0.3, 0.4) is 0 Å². The highest BCUT2D eigenvalue weighted by molar-refractivity contribution is 7.12. The minimum absolute atomic E-state index is 0.584. The fourth-order valence-corrected chi connectivity index (χ4v) is 3.82. The SMILES string of the molecule is CCc1ccc(C(C)N2CCCC2CNC)s1. The molecule has 0 bridgehead atoms. The van der Waals surface area contributed by atoms with Crippen molar-refractivity contribution in [2.24, 2.45) is 0 Å². The molecule has 1 aromatic rings. The molecule has 1 fully saturated rings. The third-order valence-corrected chi connectivity index (χ3v) is 5.20. The number of thiophene rings is 1. The Balaban J connectivity index is 2.05. The second kappa shape index (κ2) is 5.98. The van der Waals surface area contributed by atoms with E-state index in [0.29, 0.717) is 6.04 Å². The van der Waals surface area contributed by atoms with Crippen LogP contribution < -0.4 is 5.32 Å². The number of rotatable bonds is 5. The van der Waals surface area contributed by atoms with E-state index in [4.69, 9.17) is 0 Å². The number of aryl methyl sites for hydroxylation is 1. The van der Waals surface area contributed by atoms with E-state index in [1.165, 1.54) is 29.1 Å². The highest BCUT2D eigenvalue weighted by atomic mass is 32.1. The van der Waals surface area contributed by atoms with Gasteiger partial charge in [0, 0.05) is 28.4 Å². The molecule has 17 heavy (non-hydrogen) atoms. The summed E-state index contributed by atoms with van der Waals surface area (Å²) >= 11 is 1.99. The van der Waals surface area contributed by atoms with Crippen molar-refractivity contribution in [3.63, 3.8) is 0 Å². The summed E-state index contributed by atoms with van der Waals surface area (Å²) < 4.78 is 0. The van der Waals surface area contributed by atoms with Gasteiger partial charge in [-0.2, -0.15) is 0 Å². The van der Waals surface area contributed by atoms with E-state index in [1.54, 1.807) is 0 Å². The summed E-state index contributed by atoms with van der Waals surface area (Å²) in [6, 6.07) is 5.92. The van der Waals surface area contributed by atoms with Crippen molar-refractivity contribution in [2.45, 2.75) is 45.2 Å². The molecule has 0 saturated carbocycles. The maximum Gasteiger partial charge on any atom is 0.0416 e. The van der Waals surface area contributed by atoms with Gasteiger partial charge in [-0.05, 0) is 51.9 Å². The van der Waals surface area contributed by atoms with Gasteiger partial charge in [0.15, 0.2) is 0 Å². The molecule has 2 heterocycles. The van der Waals surface area contributed by atoms with Crippen LogP contribution in [0.25, 0.3) is 0 Å². The first-order valence-electron chi connectivity index (χ1n) is 6.75. The Labute approximate surface area is 109 Å². The summed E-state index contributed by atoms with van der Waals surface area (Å²) in [5.74, 6) is 0. The quantitative estimate of drug-likeness (QED) is 0.866. The van der Waals surface area contributed by atoms with Crippen molar-refractivity contribution in [1.29, 1.82) is 0 Å². The van der Waals surface area contributed by atoms with E-state index < -0.39 is 0 Å². The van der Waals surface area contributed by atoms with E-state index in [0.717, 1.165) is 19.0 Å². The van der Waals surface area contributed by atoms with E-state index in [9.17, 15) is 0 Å². The Kier molecular flexibility index (Phi) is 4.60. The number of nitrogens with zero attached hydrogens (tertiary/aromatic N) is 1. The summed E-state index contributed by atoms with van der Waals surface area (Å²) in [5.41, 5.74) is 0. The molecule has 96 valence electrons. The largest absolute Gasteiger partial charge is 0.318 e. The Bertz CT molecular complexity index is 348. The maximum atomic E-state index is 3.32. The van der Waals surface area contributed by atoms with Crippen molar-refractivity contribution in [3.05, 3.63) is 21.9 Å². The Morgan fingerprint density at radius 2 is 2.35 bits per heavy atom. The lowest BCUT2D eigenvalue weighted by molar-refractivity contribution is 0.193. The van der Waals surface area contributed by atoms with Gasteiger partial charge < -0.3 is 5.32 Å². The van der Waals surface area contributed by atoms with E-state index in [1.807, 2.05) is 11.3 Å². The third kappa shape index (κ3) is 2.90. The molecular weight excluding hydrogens is 228 g/mol. The van der Waals surface area contributed by atoms with Gasteiger partial charge in [0.05, 0.1) is 0 Å². The zero-order valence-electron chi connectivity index (χ0n) is 11.2. The average Bonchev–Trinajstić information content (AvgIpc) is 2.97. The van der Waals surface area contributed by atoms with Crippen LogP contribution in [0.4, 0.5) is 0 Å². The number of hydrogen-bond donors (Lipinski definition) is 1. The highest BCUT2D eigenvalue weighted by Crippen LogP contribution is 2.32. The lowest BCUT2D eigenvalue weighted by Gasteiger charge is -2.30. The van der Waals surface area contributed by atoms with Gasteiger partial charge in [-0.3, -0.25) is 4.90 Å². The molecule has 1 saturated heterocycles. The van der Waals surface area contributed by atoms with Crippen LogP contribution in [0.1, 0.15) is 42.5 Å². The highest BCUT2D eigenvalue weighted by Gasteiger charge is 2.29. The van der Waals surface area contributed by atoms with E-state index >= 15 is 0 Å². The van der Waals surface area contributed by atoms with Crippen LogP contribution in [0.15, 0.2) is 12.1 Å². The molecule has 0 spiro atoms. The fraction of sp³-hybridized carbons (Fsp3) is 0.714. The van der Waals surface area contributed by atoms with Gasteiger partial charge in [-0.1, -0.05) is 6.92 Å². The molecule has 1 aliphatic heterocycles. The van der Waals surface area contributed by atoms with Crippen LogP contribution in [-0.2, 0) is 6.42 Å². The van der Waals surface area contributed by atoms with Crippen molar-refractivity contribution in [1.82, 2.24) is 10.2 Å². The van der Waals surface area contributed by atoms with Crippen LogP contribution in [0.5, 0.6) is 0 Å². The van der Waals surface area contributed by atoms with Gasteiger partial charge in [0.2, 0.25) is 0 Å². The molecule has 1 N–H and O–H groups in total. The Morgan fingerprint density at radius 1 is 1.53 bits per heavy atom. The number of hydrogen-bond acceptors (Lipinski definition) is 3. The fourth-order valence-electron chi connectivity index (χ4n) is 2.80. The predicted molar refractivity (Wildman–Crippen MR) is 75.8 cm³/mol. The molecule has 0 aromatic carbocycles. The average molecular weight is 252 g/mol. The first-order chi connectivity index (χ1) is 8.26. The molecule has 1 aromatic heterocycles. The number of likely N-dealkylation sites (N-methyl/N-ethyl adjacent to an activating group) is 1. The van der Waals surface area contributed by atoms with Crippen molar-refractivity contribution >= 4 is 11.3 Å². The Hall–Kier alpha value is -0.380. The summed E-state index contributed by atoms with van der Waals surface area (Å²) in [6.45, 7) is 6.97. The summed E-state index contributed by atoms with van der Waals surface area (Å²) in [5, 5.41) is 3.32. The number of nitrogens with one attached hydrogen (secondary N) is 1. The molecule has 2 nitrogen and oxygen atoms in total. The first-order valence-corrected chi connectivity index (χ1v) is 7.56. The zero-order valence-corrected chi connectivity index (χ0v) is 12.0. The maximum absolute atomic E-state index is 3.32. The number of likely N-dealkylation sites (tertiary alicyclic amines) is 1. The minimum Gasteiger partial charge on any atom is -0.318 e. The normalized spacial score (nSPS) is 23.1. The van der Waals surface area contributed by atoms with Crippen LogP contribution in [0.2, 0.25) is 0 Å². The molecule has 2 rings (SSSR count). The van der Waals surface area contributed by atoms with Crippen LogP contribution >= 0.6 is 11.3 Å². The van der Waals surface area contributed by atoms with E-state index in [2.05, 4.69) is 43.2 Å². The van der Waals surface area contributed by atoms with Gasteiger partial charge >= 0.3 is 0 Å². The second-order valence-corrected chi connectivity index (χ2v) is 6.13. The summed E-state index contributed by atoms with van der Waals surface area (Å²) in [6.07, 6.45) is 3.86. The summed E-state index contributed by atoms with van der Waals surface area (Å²) in [4.78, 5) is 5.71. The molecule has 2 unspecified atom stereocenters. The van der Waals surface area contributed by atoms with Crippen molar-refractivity contribution in [3.8, 4) is 0 Å². The topological polar surface area (TPSA) is 15.3 Å². The molecule has 3 heteroatoms. The third-order valence-electron chi connectivity index (χ3n) is 3.80. The van der Waals surface area contributed by atoms with Crippen LogP contribution in [-0.4, -0.2) is 31.1 Å². The van der Waals surface area contributed by atoms with Gasteiger partial charge in [0.25, 0.3) is 0 Å². The molecule has 0 aliphatic carbocycles. The Morgan fingerprint density at radius 3 is 3.00 bits per heavy atom. The predicted octanol–water partition coefficient (Wildman–Crippen LogP) is 3.06. The summed E-state index contributed by atoms with van der Waals surface area (Å²) in [7, 11) is 2.06. The molecule has 0 radical (unpaired) electrons. The zero-order chi connectivity index (χ0) is 12.3. The molecule has 0 amide bonds. The monoisotopic (exact) mass is 252 g/mol. The van der Waals surface area contributed by atoms with Crippen molar-refractivity contribution < 1.29 is 0 Å². The van der Waals surface area contributed by atoms with Gasteiger partial charge in [-0.15, -0.1) is 11.3 Å². The smallest absolute Gasteiger partial charge is 0.0416 e. The van der Waals surface area contributed by atoms with Crippen LogP contribution in [0, 0.1) is 0 Å². The lowest BCUT2D eigenvalue weighted by Crippen LogP contribution is -2.38. The van der Waals surface area contributed by atoms with E-state index in [-0.39, 0.29) is 0 Å². The minimum atomic E-state index is 0.584. The first kappa shape index (κ1) is 13.1. The van der Waals surface area contributed by atoms with Gasteiger partial charge in [0.1, 0.15) is 0 Å². The van der Waals surface area contributed by atoms with Crippen molar-refractivity contribution in [2.75, 3.05) is 20.1 Å². The second-order valence-electron chi connectivity index (χ2n) is 4.93. The lowest BCUT2D eigenvalue weighted by atomic mass is 10.1. The molecule has 2 atom stereocenters. The van der Waals surface area contributed by atoms with Gasteiger partial charge in [-0.25, -0.2) is 0 Å². The molecular formula is C14H24N2S. The molecule has 1 aliphatic rings. The standard InChI is InChI=1S/C14H24N2S/c1-4-13-7-8-14(17-13)11(2)16-9-5-6-12(16)10-15-3/h7-8,11-12,15H,4-6,9-10H2,1-3H3.